The molecule has 6 heteroatoms. The van der Waals surface area contributed by atoms with E-state index in [1.807, 2.05) is 21.9 Å². The van der Waals surface area contributed by atoms with Crippen molar-refractivity contribution in [2.45, 2.75) is 31.7 Å². The predicted molar refractivity (Wildman–Crippen MR) is 94.0 cm³/mol. The zero-order valence-corrected chi connectivity index (χ0v) is 14.6. The summed E-state index contributed by atoms with van der Waals surface area (Å²) in [6, 6.07) is 7.71. The van der Waals surface area contributed by atoms with Crippen LogP contribution in [0.3, 0.4) is 0 Å². The lowest BCUT2D eigenvalue weighted by Gasteiger charge is -2.35. The van der Waals surface area contributed by atoms with Crippen LogP contribution in [0, 0.1) is 0 Å². The first-order valence-corrected chi connectivity index (χ1v) is 9.03. The van der Waals surface area contributed by atoms with Crippen LogP contribution < -0.4 is 5.32 Å². The van der Waals surface area contributed by atoms with Gasteiger partial charge < -0.3 is 15.1 Å². The highest BCUT2D eigenvalue weighted by Crippen LogP contribution is 2.14. The number of carbonyl (C=O) groups excluding carboxylic acids is 2. The molecular formula is C18H24ClN3O2. The number of halogens is 1. The summed E-state index contributed by atoms with van der Waals surface area (Å²) in [7, 11) is 0. The predicted octanol–water partition coefficient (Wildman–Crippen LogP) is 1.70. The van der Waals surface area contributed by atoms with E-state index in [2.05, 4.69) is 5.32 Å². The van der Waals surface area contributed by atoms with Gasteiger partial charge in [0.05, 0.1) is 6.42 Å². The normalized spacial score (nSPS) is 21.1. The van der Waals surface area contributed by atoms with Gasteiger partial charge in [-0.05, 0) is 37.1 Å². The number of carbonyl (C=O) groups is 2. The Labute approximate surface area is 147 Å². The fraction of sp³-hybridized carbons (Fsp3) is 0.556. The molecule has 1 N–H and O–H groups in total. The van der Waals surface area contributed by atoms with Gasteiger partial charge in [-0.25, -0.2) is 0 Å². The average Bonchev–Trinajstić information content (AvgIpc) is 3.10. The summed E-state index contributed by atoms with van der Waals surface area (Å²) in [6.45, 7) is 3.53. The van der Waals surface area contributed by atoms with Gasteiger partial charge in [0, 0.05) is 43.7 Å². The SMILES string of the molecule is O=C(Cc1ccc(Cl)cc1)N1CCN(C(=O)CC2CCCN2)CC1. The van der Waals surface area contributed by atoms with E-state index in [9.17, 15) is 9.59 Å². The molecule has 0 saturated carbocycles. The van der Waals surface area contributed by atoms with E-state index >= 15 is 0 Å². The van der Waals surface area contributed by atoms with E-state index in [0.29, 0.717) is 50.1 Å². The highest BCUT2D eigenvalue weighted by Gasteiger charge is 2.26. The summed E-state index contributed by atoms with van der Waals surface area (Å²) in [5, 5.41) is 4.04. The first-order valence-electron chi connectivity index (χ1n) is 8.65. The van der Waals surface area contributed by atoms with Gasteiger partial charge in [-0.15, -0.1) is 0 Å². The summed E-state index contributed by atoms with van der Waals surface area (Å²) < 4.78 is 0. The summed E-state index contributed by atoms with van der Waals surface area (Å²) in [5.41, 5.74) is 0.968. The zero-order valence-electron chi connectivity index (χ0n) is 13.8. The Bertz CT molecular complexity index is 576. The van der Waals surface area contributed by atoms with Crippen LogP contribution in [0.4, 0.5) is 0 Å². The molecule has 3 rings (SSSR count). The van der Waals surface area contributed by atoms with Gasteiger partial charge in [-0.1, -0.05) is 23.7 Å². The van der Waals surface area contributed by atoms with Gasteiger partial charge in [0.25, 0.3) is 0 Å². The highest BCUT2D eigenvalue weighted by atomic mass is 35.5. The van der Waals surface area contributed by atoms with E-state index in [4.69, 9.17) is 11.6 Å². The third-order valence-electron chi connectivity index (χ3n) is 4.84. The summed E-state index contributed by atoms with van der Waals surface area (Å²) in [4.78, 5) is 28.5. The van der Waals surface area contributed by atoms with Gasteiger partial charge in [0.1, 0.15) is 0 Å². The molecule has 2 heterocycles. The van der Waals surface area contributed by atoms with E-state index in [1.54, 1.807) is 12.1 Å². The van der Waals surface area contributed by atoms with Crippen molar-refractivity contribution in [3.8, 4) is 0 Å². The van der Waals surface area contributed by atoms with E-state index < -0.39 is 0 Å². The number of amides is 2. The molecule has 1 unspecified atom stereocenters. The number of nitrogens with zero attached hydrogens (tertiary/aromatic N) is 2. The molecule has 0 spiro atoms. The molecule has 1 atom stereocenters. The van der Waals surface area contributed by atoms with E-state index in [1.165, 1.54) is 0 Å². The van der Waals surface area contributed by atoms with Crippen LogP contribution >= 0.6 is 11.6 Å². The second-order valence-electron chi connectivity index (χ2n) is 6.56. The van der Waals surface area contributed by atoms with Crippen LogP contribution in [0.1, 0.15) is 24.8 Å². The van der Waals surface area contributed by atoms with Crippen molar-refractivity contribution in [2.75, 3.05) is 32.7 Å². The average molecular weight is 350 g/mol. The molecule has 0 aliphatic carbocycles. The molecule has 2 fully saturated rings. The first-order chi connectivity index (χ1) is 11.6. The Hall–Kier alpha value is -1.59. The highest BCUT2D eigenvalue weighted by molar-refractivity contribution is 6.30. The Morgan fingerprint density at radius 2 is 1.67 bits per heavy atom. The van der Waals surface area contributed by atoms with Crippen molar-refractivity contribution >= 4 is 23.4 Å². The largest absolute Gasteiger partial charge is 0.339 e. The molecule has 2 aliphatic rings. The summed E-state index contributed by atoms with van der Waals surface area (Å²) in [6.07, 6.45) is 3.21. The molecule has 2 aliphatic heterocycles. The van der Waals surface area contributed by atoms with Gasteiger partial charge in [-0.2, -0.15) is 0 Å². The molecule has 24 heavy (non-hydrogen) atoms. The quantitative estimate of drug-likeness (QED) is 0.900. The van der Waals surface area contributed by atoms with Gasteiger partial charge in [-0.3, -0.25) is 9.59 Å². The molecule has 0 aromatic heterocycles. The molecule has 0 bridgehead atoms. The molecule has 130 valence electrons. The number of nitrogens with one attached hydrogen (secondary N) is 1. The number of rotatable bonds is 4. The van der Waals surface area contributed by atoms with Crippen molar-refractivity contribution in [3.05, 3.63) is 34.9 Å². The van der Waals surface area contributed by atoms with Crippen LogP contribution in [0.25, 0.3) is 0 Å². The molecular weight excluding hydrogens is 326 g/mol. The Morgan fingerprint density at radius 1 is 1.04 bits per heavy atom. The van der Waals surface area contributed by atoms with Crippen LogP contribution in [0.15, 0.2) is 24.3 Å². The second-order valence-corrected chi connectivity index (χ2v) is 7.00. The number of hydrogen-bond acceptors (Lipinski definition) is 3. The van der Waals surface area contributed by atoms with Crippen LogP contribution in [0.2, 0.25) is 5.02 Å². The van der Waals surface area contributed by atoms with Crippen molar-refractivity contribution in [2.24, 2.45) is 0 Å². The van der Waals surface area contributed by atoms with Crippen molar-refractivity contribution in [1.82, 2.24) is 15.1 Å². The van der Waals surface area contributed by atoms with Crippen LogP contribution in [-0.2, 0) is 16.0 Å². The lowest BCUT2D eigenvalue weighted by atomic mass is 10.1. The minimum Gasteiger partial charge on any atom is -0.339 e. The minimum absolute atomic E-state index is 0.113. The topological polar surface area (TPSA) is 52.7 Å². The lowest BCUT2D eigenvalue weighted by Crippen LogP contribution is -2.51. The Morgan fingerprint density at radius 3 is 2.25 bits per heavy atom. The fourth-order valence-corrected chi connectivity index (χ4v) is 3.49. The standard InChI is InChI=1S/C18H24ClN3O2/c19-15-5-3-14(4-6-15)12-17(23)21-8-10-22(11-9-21)18(24)13-16-2-1-7-20-16/h3-6,16,20H,1-2,7-13H2. The fourth-order valence-electron chi connectivity index (χ4n) is 3.36. The van der Waals surface area contributed by atoms with Gasteiger partial charge >= 0.3 is 0 Å². The maximum atomic E-state index is 12.4. The maximum Gasteiger partial charge on any atom is 0.227 e. The van der Waals surface area contributed by atoms with Crippen molar-refractivity contribution < 1.29 is 9.59 Å². The van der Waals surface area contributed by atoms with Crippen molar-refractivity contribution in [3.63, 3.8) is 0 Å². The molecule has 5 nitrogen and oxygen atoms in total. The second kappa shape index (κ2) is 7.99. The maximum absolute atomic E-state index is 12.4. The molecule has 1 aromatic rings. The number of benzene rings is 1. The number of hydrogen-bond donors (Lipinski definition) is 1. The molecule has 1 aromatic carbocycles. The molecule has 0 radical (unpaired) electrons. The van der Waals surface area contributed by atoms with E-state index in [0.717, 1.165) is 24.9 Å². The smallest absolute Gasteiger partial charge is 0.227 e. The lowest BCUT2D eigenvalue weighted by molar-refractivity contribution is -0.139. The van der Waals surface area contributed by atoms with Crippen LogP contribution in [0.5, 0.6) is 0 Å². The van der Waals surface area contributed by atoms with Gasteiger partial charge in [0.2, 0.25) is 11.8 Å². The third kappa shape index (κ3) is 4.48. The first kappa shape index (κ1) is 17.2. The molecule has 2 amide bonds. The zero-order chi connectivity index (χ0) is 16.9. The monoisotopic (exact) mass is 349 g/mol. The Kier molecular flexibility index (Phi) is 5.74. The minimum atomic E-state index is 0.113. The summed E-state index contributed by atoms with van der Waals surface area (Å²) >= 11 is 5.87. The Balaban J connectivity index is 1.44. The summed E-state index contributed by atoms with van der Waals surface area (Å²) in [5.74, 6) is 0.320. The van der Waals surface area contributed by atoms with Crippen LogP contribution in [-0.4, -0.2) is 60.4 Å². The molecule has 2 saturated heterocycles. The van der Waals surface area contributed by atoms with Gasteiger partial charge in [0.15, 0.2) is 0 Å². The van der Waals surface area contributed by atoms with Crippen molar-refractivity contribution in [1.29, 1.82) is 0 Å². The third-order valence-corrected chi connectivity index (χ3v) is 5.09. The number of piperazine rings is 1. The van der Waals surface area contributed by atoms with E-state index in [-0.39, 0.29) is 11.8 Å².